The van der Waals surface area contributed by atoms with Crippen LogP contribution in [0.1, 0.15) is 66.8 Å². The number of nitrogens with zero attached hydrogens (tertiary/aromatic N) is 8. The lowest BCUT2D eigenvalue weighted by Gasteiger charge is -2.44. The number of thioether (sulfide) groups is 2. The highest BCUT2D eigenvalue weighted by Gasteiger charge is 2.69. The minimum atomic E-state index is -4.43. The van der Waals surface area contributed by atoms with Crippen molar-refractivity contribution in [3.05, 3.63) is 148 Å². The van der Waals surface area contributed by atoms with Crippen molar-refractivity contribution in [2.45, 2.75) is 124 Å². The number of ether oxygens (including phenoxy) is 4. The molecule has 8 rings (SSSR count). The van der Waals surface area contributed by atoms with Crippen LogP contribution in [-0.4, -0.2) is 129 Å². The van der Waals surface area contributed by atoms with E-state index in [1.54, 1.807) is 76.2 Å². The van der Waals surface area contributed by atoms with Gasteiger partial charge in [0.15, 0.2) is 23.9 Å². The topological polar surface area (TPSA) is 425 Å². The fraction of sp³-hybridized carbons (Fsp3) is 0.522. The first kappa shape index (κ1) is 64.3. The number of esters is 2. The lowest BCUT2D eigenvalue weighted by atomic mass is 9.91. The number of carbonyl (C=O) groups is 2. The summed E-state index contributed by atoms with van der Waals surface area (Å²) in [6.45, 7) is 4.51. The van der Waals surface area contributed by atoms with Crippen molar-refractivity contribution >= 4 is 61.3 Å². The van der Waals surface area contributed by atoms with Gasteiger partial charge in [-0.15, -0.1) is 23.5 Å². The summed E-state index contributed by atoms with van der Waals surface area (Å²) in [5.74, 6) is 0.573. The molecule has 0 bridgehead atoms. The van der Waals surface area contributed by atoms with E-state index in [2.05, 4.69) is 40.2 Å². The molecule has 4 aliphatic heterocycles. The molecule has 2 spiro atoms. The standard InChI is InChI=1S/C23H29N6O9PS.C12H17ClNO4P.C11H13N5O5S/c1-14(2)36-18(31)15(3)26-39(34,38-16-7-5-4-6-8-16)35-13-23(27-28-24)19(32)22(10-12-40-22)20(37-23)29-11-9-17(30)25-21(29)33;1-9(2)17-12(15)10(3)14-19(13,16)18-11-7-5-4-6-8-11;12-15-14-11(5-17)7(19)10(2-4-22-10)8(21-11)16-3-1-6(18)13-9(16)20/h4-9,11,14-15,19-20,32H,10,12-13H2,1-3H3,(H,26,34)(H,25,30,33);4-10H,1-3H3,(H,14,16);1,3,7-8,17,19H,2,4-5H2,(H,13,18,20)/t15-,19-,20+,22+,23+,39?;10-,19?;7-,8+,10+,11+/m000/s1. The van der Waals surface area contributed by atoms with Crippen LogP contribution in [0.15, 0.2) is 115 Å². The minimum Gasteiger partial charge on any atom is -0.462 e. The fourth-order valence-electron chi connectivity index (χ4n) is 8.43. The maximum atomic E-state index is 13.9. The first-order valence-electron chi connectivity index (χ1n) is 24.6. The van der Waals surface area contributed by atoms with E-state index in [1.807, 2.05) is 0 Å². The van der Waals surface area contributed by atoms with Gasteiger partial charge in [0.1, 0.15) is 35.8 Å². The van der Waals surface area contributed by atoms with E-state index in [4.69, 9.17) is 49.3 Å². The summed E-state index contributed by atoms with van der Waals surface area (Å²) >= 11 is 8.40. The molecule has 4 aliphatic rings. The van der Waals surface area contributed by atoms with Crippen LogP contribution < -0.4 is 41.7 Å². The molecule has 440 valence electrons. The Balaban J connectivity index is 0.000000216. The Labute approximate surface area is 473 Å². The molecule has 4 saturated heterocycles. The van der Waals surface area contributed by atoms with Crippen LogP contribution in [-0.2, 0) is 42.2 Å². The zero-order valence-corrected chi connectivity index (χ0v) is 48.3. The van der Waals surface area contributed by atoms with Gasteiger partial charge in [-0.25, -0.2) is 23.8 Å². The van der Waals surface area contributed by atoms with Crippen molar-refractivity contribution in [1.29, 1.82) is 0 Å². The third-order valence-corrected chi connectivity index (χ3v) is 18.7. The number of benzene rings is 2. The number of H-pyrrole nitrogens is 2. The average Bonchev–Trinajstić information content (AvgIpc) is 3.89. The molecule has 0 saturated carbocycles. The first-order valence-corrected chi connectivity index (χ1v) is 30.6. The van der Waals surface area contributed by atoms with E-state index >= 15 is 0 Å². The fourth-order valence-corrected chi connectivity index (χ4v) is 14.3. The summed E-state index contributed by atoms with van der Waals surface area (Å²) in [4.78, 5) is 81.1. The van der Waals surface area contributed by atoms with Gasteiger partial charge in [-0.2, -0.15) is 5.09 Å². The zero-order valence-electron chi connectivity index (χ0n) is 44.1. The molecule has 4 aromatic rings. The summed E-state index contributed by atoms with van der Waals surface area (Å²) in [5, 5.41) is 43.6. The number of azide groups is 2. The lowest BCUT2D eigenvalue weighted by molar-refractivity contribution is -0.150. The smallest absolute Gasteiger partial charge is 0.459 e. The highest BCUT2D eigenvalue weighted by Crippen LogP contribution is 2.62. The minimum absolute atomic E-state index is 0.136. The molecule has 2 aromatic heterocycles. The number of aliphatic hydroxyl groups is 3. The Morgan fingerprint density at radius 1 is 0.728 bits per heavy atom. The van der Waals surface area contributed by atoms with Crippen molar-refractivity contribution in [3.63, 3.8) is 0 Å². The van der Waals surface area contributed by atoms with Crippen LogP contribution in [0.25, 0.3) is 20.9 Å². The highest BCUT2D eigenvalue weighted by molar-refractivity contribution is 8.02. The second-order valence-electron chi connectivity index (χ2n) is 18.8. The third-order valence-electron chi connectivity index (χ3n) is 12.3. The van der Waals surface area contributed by atoms with Crippen LogP contribution in [0.4, 0.5) is 0 Å². The van der Waals surface area contributed by atoms with E-state index in [0.29, 0.717) is 24.3 Å². The van der Waals surface area contributed by atoms with E-state index in [0.717, 1.165) is 27.0 Å². The highest BCUT2D eigenvalue weighted by atomic mass is 35.7. The van der Waals surface area contributed by atoms with Crippen LogP contribution in [0.2, 0.25) is 0 Å². The summed E-state index contributed by atoms with van der Waals surface area (Å²) in [5.41, 5.74) is 11.4. The van der Waals surface area contributed by atoms with Crippen molar-refractivity contribution in [2.24, 2.45) is 10.2 Å². The molecule has 35 heteroatoms. The largest absolute Gasteiger partial charge is 0.462 e. The van der Waals surface area contributed by atoms with Crippen molar-refractivity contribution in [2.75, 3.05) is 24.7 Å². The third kappa shape index (κ3) is 15.0. The number of nitrogens with one attached hydrogen (secondary N) is 4. The molecule has 12 atom stereocenters. The lowest BCUT2D eigenvalue weighted by Crippen LogP contribution is -2.55. The summed E-state index contributed by atoms with van der Waals surface area (Å²) < 4.78 is 64.3. The van der Waals surface area contributed by atoms with E-state index in [1.165, 1.54) is 61.9 Å². The summed E-state index contributed by atoms with van der Waals surface area (Å²) in [7, 11) is -4.43. The number of halogens is 1. The van der Waals surface area contributed by atoms with Crippen LogP contribution in [0.5, 0.6) is 11.5 Å². The summed E-state index contributed by atoms with van der Waals surface area (Å²) in [6.07, 6.45) is -2.32. The predicted molar refractivity (Wildman–Crippen MR) is 294 cm³/mol. The predicted octanol–water partition coefficient (Wildman–Crippen LogP) is 5.08. The van der Waals surface area contributed by atoms with Gasteiger partial charge in [0.05, 0.1) is 34.9 Å². The molecule has 2 aromatic carbocycles. The molecule has 0 aliphatic carbocycles. The molecular weight excluding hydrogens is 1170 g/mol. The van der Waals surface area contributed by atoms with Gasteiger partial charge in [-0.3, -0.25) is 42.8 Å². The Kier molecular flexibility index (Phi) is 21.4. The van der Waals surface area contributed by atoms with Gasteiger partial charge < -0.3 is 43.3 Å². The molecule has 0 radical (unpaired) electrons. The molecule has 81 heavy (non-hydrogen) atoms. The number of carbonyl (C=O) groups excluding carboxylic acids is 2. The number of para-hydroxylation sites is 2. The molecule has 6 heterocycles. The van der Waals surface area contributed by atoms with E-state index in [-0.39, 0.29) is 11.9 Å². The average molecular weight is 1230 g/mol. The van der Waals surface area contributed by atoms with Crippen molar-refractivity contribution in [3.8, 4) is 11.5 Å². The summed E-state index contributed by atoms with van der Waals surface area (Å²) in [6, 6.07) is 16.8. The Morgan fingerprint density at radius 2 is 1.14 bits per heavy atom. The second-order valence-corrected chi connectivity index (χ2v) is 26.2. The van der Waals surface area contributed by atoms with Gasteiger partial charge in [0.2, 0.25) is 0 Å². The SMILES string of the molecule is CC(C)OC(=O)[C@H](C)NP(=O)(Cl)Oc1ccccc1.CC(C)OC(=O)[C@H](C)NP(=O)(OC[C@@]1(N=[N+]=[N-])O[C@@H](n2ccc(=O)[nH]c2=O)[C@@]2(CCS2)[C@@H]1O)Oc1ccccc1.[N-]=[N+]=N[C@]1(CO)O[C@@H](n2ccc(=O)[nH]c2=O)[C@@]2(CCS2)[C@@H]1O. The molecule has 0 amide bonds. The number of rotatable bonds is 20. The normalized spacial score (nSPS) is 27.4. The monoisotopic (exact) mass is 1230 g/mol. The number of aromatic nitrogens is 4. The van der Waals surface area contributed by atoms with Crippen molar-refractivity contribution in [1.82, 2.24) is 29.3 Å². The van der Waals surface area contributed by atoms with Crippen molar-refractivity contribution < 1.29 is 66.6 Å². The Morgan fingerprint density at radius 3 is 1.53 bits per heavy atom. The zero-order chi connectivity index (χ0) is 59.6. The quantitative estimate of drug-likeness (QED) is 0.0199. The first-order chi connectivity index (χ1) is 38.2. The van der Waals surface area contributed by atoms with Gasteiger partial charge in [0.25, 0.3) is 11.1 Å². The number of aromatic amines is 2. The molecule has 30 nitrogen and oxygen atoms in total. The van der Waals surface area contributed by atoms with Crippen LogP contribution >= 0.6 is 49.4 Å². The Hall–Kier alpha value is -5.91. The second kappa shape index (κ2) is 27.0. The molecule has 4 fully saturated rings. The van der Waals surface area contributed by atoms with E-state index < -0.39 is 126 Å². The van der Waals surface area contributed by atoms with Gasteiger partial charge in [0, 0.05) is 45.6 Å². The number of aliphatic hydroxyl groups excluding tert-OH is 3. The maximum Gasteiger partial charge on any atom is 0.459 e. The molecule has 7 N–H and O–H groups in total. The van der Waals surface area contributed by atoms with Crippen LogP contribution in [0.3, 0.4) is 0 Å². The van der Waals surface area contributed by atoms with Crippen LogP contribution in [0, 0.1) is 0 Å². The number of hydrogen-bond acceptors (Lipinski definition) is 22. The number of hydrogen-bond donors (Lipinski definition) is 7. The maximum absolute atomic E-state index is 13.9. The molecular formula is C46H59ClN12O18P2S2. The van der Waals surface area contributed by atoms with E-state index in [9.17, 15) is 58.7 Å². The van der Waals surface area contributed by atoms with Gasteiger partial charge >= 0.3 is 37.9 Å². The van der Waals surface area contributed by atoms with Gasteiger partial charge in [-0.05, 0) is 101 Å². The van der Waals surface area contributed by atoms with Gasteiger partial charge in [-0.1, -0.05) is 46.6 Å². The molecule has 2 unspecified atom stereocenters. The Bertz CT molecular complexity index is 3310.